The Morgan fingerprint density at radius 2 is 1.93 bits per heavy atom. The van der Waals surface area contributed by atoms with Crippen molar-refractivity contribution in [1.29, 1.82) is 0 Å². The molecule has 0 radical (unpaired) electrons. The number of hydrogen-bond donors (Lipinski definition) is 1. The summed E-state index contributed by atoms with van der Waals surface area (Å²) in [6.07, 6.45) is -0.992. The standard InChI is InChI=1S/C19H19FN2O3.CH3I/c1-12-3-5-14(6-4-12)17-8-7-15(9-18(17)20)22-11-16(25-19(22)24)10-21-13(2)23;1-2/h3-9,16H,10-11H2,1-2H3,(H,21,23);1H3/t16-;/m0./s1. The van der Waals surface area contributed by atoms with E-state index in [9.17, 15) is 14.0 Å². The fourth-order valence-corrected chi connectivity index (χ4v) is 2.74. The molecular weight excluding hydrogens is 462 g/mol. The Hall–Kier alpha value is -2.16. The van der Waals surface area contributed by atoms with Gasteiger partial charge in [0.05, 0.1) is 18.8 Å². The van der Waals surface area contributed by atoms with Crippen molar-refractivity contribution in [2.24, 2.45) is 0 Å². The zero-order valence-electron chi connectivity index (χ0n) is 15.5. The topological polar surface area (TPSA) is 58.6 Å². The summed E-state index contributed by atoms with van der Waals surface area (Å²) in [5.74, 6) is -0.595. The highest BCUT2D eigenvalue weighted by atomic mass is 127. The third kappa shape index (κ3) is 5.41. The highest BCUT2D eigenvalue weighted by Gasteiger charge is 2.32. The Morgan fingerprint density at radius 3 is 2.52 bits per heavy atom. The van der Waals surface area contributed by atoms with Gasteiger partial charge in [-0.05, 0) is 35.6 Å². The minimum absolute atomic E-state index is 0.192. The van der Waals surface area contributed by atoms with Crippen molar-refractivity contribution in [3.05, 3.63) is 53.8 Å². The number of anilines is 1. The molecule has 7 heteroatoms. The SMILES string of the molecule is CC(=O)NC[C@H]1CN(c2ccc(-c3ccc(C)cc3)c(F)c2)C(=O)O1.CI. The summed E-state index contributed by atoms with van der Waals surface area (Å²) in [5.41, 5.74) is 2.79. The Balaban J connectivity index is 0.00000126. The van der Waals surface area contributed by atoms with Gasteiger partial charge in [0.1, 0.15) is 11.9 Å². The first-order chi connectivity index (χ1) is 12.9. The molecule has 3 rings (SSSR count). The minimum Gasteiger partial charge on any atom is -0.442 e. The molecule has 0 aromatic heterocycles. The number of carbonyl (C=O) groups excluding carboxylic acids is 2. The van der Waals surface area contributed by atoms with Gasteiger partial charge in [-0.1, -0.05) is 52.4 Å². The lowest BCUT2D eigenvalue weighted by molar-refractivity contribution is -0.119. The third-order valence-electron chi connectivity index (χ3n) is 4.08. The van der Waals surface area contributed by atoms with Gasteiger partial charge < -0.3 is 10.1 Å². The van der Waals surface area contributed by atoms with Crippen LogP contribution in [0.4, 0.5) is 14.9 Å². The number of cyclic esters (lactones) is 1. The predicted octanol–water partition coefficient (Wildman–Crippen LogP) is 4.31. The lowest BCUT2D eigenvalue weighted by atomic mass is 10.0. The van der Waals surface area contributed by atoms with E-state index in [2.05, 4.69) is 27.9 Å². The van der Waals surface area contributed by atoms with Crippen LogP contribution < -0.4 is 10.2 Å². The van der Waals surface area contributed by atoms with Crippen LogP contribution in [0.25, 0.3) is 11.1 Å². The number of nitrogens with one attached hydrogen (secondary N) is 1. The van der Waals surface area contributed by atoms with Crippen molar-refractivity contribution in [3.8, 4) is 11.1 Å². The molecule has 0 bridgehead atoms. The van der Waals surface area contributed by atoms with E-state index in [0.717, 1.165) is 11.1 Å². The summed E-state index contributed by atoms with van der Waals surface area (Å²) < 4.78 is 19.7. The highest BCUT2D eigenvalue weighted by molar-refractivity contribution is 14.1. The molecule has 0 aliphatic carbocycles. The maximum Gasteiger partial charge on any atom is 0.414 e. The first-order valence-corrected chi connectivity index (χ1v) is 10.6. The monoisotopic (exact) mass is 484 g/mol. The Kier molecular flexibility index (Phi) is 7.58. The fraction of sp³-hybridized carbons (Fsp3) is 0.300. The molecule has 0 saturated carbocycles. The van der Waals surface area contributed by atoms with Crippen molar-refractivity contribution in [2.45, 2.75) is 20.0 Å². The number of halogens is 2. The number of alkyl halides is 1. The van der Waals surface area contributed by atoms with Gasteiger partial charge in [0.25, 0.3) is 0 Å². The molecule has 0 unspecified atom stereocenters. The number of ether oxygens (including phenoxy) is 1. The lowest BCUT2D eigenvalue weighted by Crippen LogP contribution is -2.33. The zero-order chi connectivity index (χ0) is 20.0. The average Bonchev–Trinajstić information content (AvgIpc) is 3.03. The van der Waals surface area contributed by atoms with Crippen LogP contribution in [0, 0.1) is 12.7 Å². The smallest absolute Gasteiger partial charge is 0.414 e. The maximum atomic E-state index is 14.5. The van der Waals surface area contributed by atoms with Crippen LogP contribution in [0.15, 0.2) is 42.5 Å². The molecule has 2 aromatic carbocycles. The third-order valence-corrected chi connectivity index (χ3v) is 4.08. The van der Waals surface area contributed by atoms with E-state index in [1.165, 1.54) is 17.9 Å². The molecule has 1 aliphatic rings. The van der Waals surface area contributed by atoms with Crippen molar-refractivity contribution >= 4 is 40.3 Å². The van der Waals surface area contributed by atoms with Gasteiger partial charge in [-0.2, -0.15) is 0 Å². The molecule has 1 atom stereocenters. The molecule has 2 amide bonds. The molecule has 144 valence electrons. The summed E-state index contributed by atoms with van der Waals surface area (Å²) >= 11 is 2.15. The fourth-order valence-electron chi connectivity index (χ4n) is 2.74. The van der Waals surface area contributed by atoms with Crippen molar-refractivity contribution in [2.75, 3.05) is 22.9 Å². The van der Waals surface area contributed by atoms with Crippen LogP contribution in [0.1, 0.15) is 12.5 Å². The molecule has 1 fully saturated rings. The number of amides is 2. The molecule has 2 aromatic rings. The van der Waals surface area contributed by atoms with Crippen LogP contribution in [0.5, 0.6) is 0 Å². The van der Waals surface area contributed by atoms with Gasteiger partial charge >= 0.3 is 6.09 Å². The number of carbonyl (C=O) groups is 2. The summed E-state index contributed by atoms with van der Waals surface area (Å²) in [7, 11) is 0. The molecule has 1 aliphatic heterocycles. The van der Waals surface area contributed by atoms with E-state index in [1.807, 2.05) is 36.1 Å². The van der Waals surface area contributed by atoms with E-state index in [1.54, 1.807) is 12.1 Å². The summed E-state index contributed by atoms with van der Waals surface area (Å²) in [5, 5.41) is 2.61. The number of hydrogen-bond acceptors (Lipinski definition) is 3. The van der Waals surface area contributed by atoms with Gasteiger partial charge in [-0.3, -0.25) is 9.69 Å². The average molecular weight is 484 g/mol. The van der Waals surface area contributed by atoms with E-state index in [0.29, 0.717) is 11.3 Å². The summed E-state index contributed by atoms with van der Waals surface area (Å²) in [6.45, 7) is 3.87. The normalized spacial score (nSPS) is 15.7. The Bertz CT molecular complexity index is 811. The number of rotatable bonds is 4. The van der Waals surface area contributed by atoms with Crippen LogP contribution in [0.3, 0.4) is 0 Å². The van der Waals surface area contributed by atoms with Crippen LogP contribution >= 0.6 is 22.6 Å². The zero-order valence-corrected chi connectivity index (χ0v) is 17.6. The number of aryl methyl sites for hydroxylation is 1. The predicted molar refractivity (Wildman–Crippen MR) is 113 cm³/mol. The van der Waals surface area contributed by atoms with Crippen molar-refractivity contribution < 1.29 is 18.7 Å². The summed E-state index contributed by atoms with van der Waals surface area (Å²) in [6, 6.07) is 12.3. The largest absolute Gasteiger partial charge is 0.442 e. The molecular formula is C20H22FIN2O3. The van der Waals surface area contributed by atoms with Crippen LogP contribution in [-0.2, 0) is 9.53 Å². The van der Waals surface area contributed by atoms with Crippen LogP contribution in [-0.4, -0.2) is 36.1 Å². The molecule has 27 heavy (non-hydrogen) atoms. The number of benzene rings is 2. The van der Waals surface area contributed by atoms with Gasteiger partial charge in [0.15, 0.2) is 0 Å². The Morgan fingerprint density at radius 1 is 1.26 bits per heavy atom. The van der Waals surface area contributed by atoms with Gasteiger partial charge in [0, 0.05) is 12.5 Å². The first kappa shape index (κ1) is 21.1. The quantitative estimate of drug-likeness (QED) is 0.520. The molecule has 1 N–H and O–H groups in total. The second-order valence-corrected chi connectivity index (χ2v) is 6.08. The summed E-state index contributed by atoms with van der Waals surface area (Å²) in [4.78, 5) is 26.3. The van der Waals surface area contributed by atoms with Gasteiger partial charge in [0.2, 0.25) is 5.91 Å². The van der Waals surface area contributed by atoms with E-state index in [-0.39, 0.29) is 19.0 Å². The lowest BCUT2D eigenvalue weighted by Gasteiger charge is -2.14. The second-order valence-electron chi connectivity index (χ2n) is 6.08. The highest BCUT2D eigenvalue weighted by Crippen LogP contribution is 2.29. The van der Waals surface area contributed by atoms with Crippen LogP contribution in [0.2, 0.25) is 0 Å². The molecule has 1 heterocycles. The van der Waals surface area contributed by atoms with Crippen molar-refractivity contribution in [3.63, 3.8) is 0 Å². The maximum absolute atomic E-state index is 14.5. The van der Waals surface area contributed by atoms with Crippen molar-refractivity contribution in [1.82, 2.24) is 5.32 Å². The second kappa shape index (κ2) is 9.68. The Labute approximate surface area is 172 Å². The molecule has 1 saturated heterocycles. The van der Waals surface area contributed by atoms with E-state index in [4.69, 9.17) is 4.74 Å². The van der Waals surface area contributed by atoms with Gasteiger partial charge in [-0.15, -0.1) is 0 Å². The van der Waals surface area contributed by atoms with Gasteiger partial charge in [-0.25, -0.2) is 9.18 Å². The van der Waals surface area contributed by atoms with E-state index >= 15 is 0 Å². The first-order valence-electron chi connectivity index (χ1n) is 8.41. The molecule has 5 nitrogen and oxygen atoms in total. The number of nitrogens with zero attached hydrogens (tertiary/aromatic N) is 1. The van der Waals surface area contributed by atoms with E-state index < -0.39 is 18.0 Å². The molecule has 0 spiro atoms. The minimum atomic E-state index is -0.544.